The maximum atomic E-state index is 11.7. The summed E-state index contributed by atoms with van der Waals surface area (Å²) in [6.07, 6.45) is 1.74. The maximum Gasteiger partial charge on any atom is 0.203 e. The number of pyridine rings is 1. The summed E-state index contributed by atoms with van der Waals surface area (Å²) in [5.41, 5.74) is 3.06. The van der Waals surface area contributed by atoms with Crippen molar-refractivity contribution in [3.63, 3.8) is 0 Å². The predicted molar refractivity (Wildman–Crippen MR) is 112 cm³/mol. The first-order chi connectivity index (χ1) is 14.0. The fourth-order valence-corrected chi connectivity index (χ4v) is 4.09. The quantitative estimate of drug-likeness (QED) is 0.394. The Kier molecular flexibility index (Phi) is 4.98. The lowest BCUT2D eigenvalue weighted by atomic mass is 10.1. The van der Waals surface area contributed by atoms with Crippen LogP contribution in [0.15, 0.2) is 47.0 Å². The largest absolute Gasteiger partial charge is 0.493 e. The van der Waals surface area contributed by atoms with Crippen molar-refractivity contribution in [2.24, 2.45) is 0 Å². The SMILES string of the molecule is COc1cc(-c2cc3nccc(-c4ccc(C(C)=O)s4)c3o2)cc(OC)c1OC. The molecule has 3 aromatic heterocycles. The number of thiophene rings is 1. The number of rotatable bonds is 6. The van der Waals surface area contributed by atoms with Crippen molar-refractivity contribution >= 4 is 28.2 Å². The second-order valence-corrected chi connectivity index (χ2v) is 7.40. The fourth-order valence-electron chi connectivity index (χ4n) is 3.17. The molecule has 4 rings (SSSR count). The molecule has 0 fully saturated rings. The van der Waals surface area contributed by atoms with Crippen LogP contribution in [0.1, 0.15) is 16.6 Å². The predicted octanol–water partition coefficient (Wildman–Crippen LogP) is 5.45. The van der Waals surface area contributed by atoms with E-state index in [1.807, 2.05) is 36.4 Å². The molecule has 0 spiro atoms. The highest BCUT2D eigenvalue weighted by Crippen LogP contribution is 2.43. The highest BCUT2D eigenvalue weighted by atomic mass is 32.1. The number of carbonyl (C=O) groups is 1. The molecular formula is C22H19NO5S. The number of nitrogens with zero attached hydrogens (tertiary/aromatic N) is 1. The standard InChI is InChI=1S/C22H19NO5S/c1-12(24)19-5-6-20(29-19)14-7-8-23-15-11-16(28-21(14)15)13-9-17(25-2)22(27-4)18(10-13)26-3/h5-11H,1-4H3. The van der Waals surface area contributed by atoms with Gasteiger partial charge in [0.25, 0.3) is 0 Å². The zero-order valence-corrected chi connectivity index (χ0v) is 17.3. The Morgan fingerprint density at radius 1 is 1.00 bits per heavy atom. The van der Waals surface area contributed by atoms with Crippen LogP contribution < -0.4 is 14.2 Å². The van der Waals surface area contributed by atoms with E-state index in [2.05, 4.69) is 4.98 Å². The number of benzene rings is 1. The minimum atomic E-state index is 0.0455. The summed E-state index contributed by atoms with van der Waals surface area (Å²) in [6, 6.07) is 11.2. The van der Waals surface area contributed by atoms with Gasteiger partial charge in [0.15, 0.2) is 22.9 Å². The van der Waals surface area contributed by atoms with Crippen LogP contribution >= 0.6 is 11.3 Å². The van der Waals surface area contributed by atoms with Crippen molar-refractivity contribution in [1.29, 1.82) is 0 Å². The summed E-state index contributed by atoms with van der Waals surface area (Å²) < 4.78 is 22.5. The van der Waals surface area contributed by atoms with Crippen molar-refractivity contribution < 1.29 is 23.4 Å². The van der Waals surface area contributed by atoms with Crippen LogP contribution in [0.3, 0.4) is 0 Å². The van der Waals surface area contributed by atoms with Gasteiger partial charge in [-0.3, -0.25) is 9.78 Å². The Balaban J connectivity index is 1.86. The molecule has 0 amide bonds. The number of fused-ring (bicyclic) bond motifs is 1. The molecule has 1 aromatic carbocycles. The summed E-state index contributed by atoms with van der Waals surface area (Å²) >= 11 is 1.44. The summed E-state index contributed by atoms with van der Waals surface area (Å²) in [6.45, 7) is 1.56. The lowest BCUT2D eigenvalue weighted by Gasteiger charge is -2.13. The molecule has 6 nitrogen and oxygen atoms in total. The maximum absolute atomic E-state index is 11.7. The molecule has 0 atom stereocenters. The van der Waals surface area contributed by atoms with Gasteiger partial charge in [0.2, 0.25) is 5.75 Å². The van der Waals surface area contributed by atoms with Crippen molar-refractivity contribution in [2.45, 2.75) is 6.92 Å². The van der Waals surface area contributed by atoms with Crippen molar-refractivity contribution in [3.8, 4) is 39.0 Å². The molecule has 0 N–H and O–H groups in total. The van der Waals surface area contributed by atoms with Crippen LogP contribution in [0.25, 0.3) is 32.9 Å². The van der Waals surface area contributed by atoms with E-state index in [1.54, 1.807) is 34.4 Å². The first-order valence-corrected chi connectivity index (χ1v) is 9.67. The van der Waals surface area contributed by atoms with E-state index in [9.17, 15) is 4.79 Å². The number of Topliss-reactive ketones (excluding diaryl/α,β-unsaturated/α-hetero) is 1. The topological polar surface area (TPSA) is 70.8 Å². The lowest BCUT2D eigenvalue weighted by molar-refractivity contribution is 0.102. The van der Waals surface area contributed by atoms with Crippen molar-refractivity contribution in [2.75, 3.05) is 21.3 Å². The van der Waals surface area contributed by atoms with Gasteiger partial charge < -0.3 is 18.6 Å². The van der Waals surface area contributed by atoms with Crippen LogP contribution in [-0.4, -0.2) is 32.1 Å². The van der Waals surface area contributed by atoms with Crippen LogP contribution in [0.5, 0.6) is 17.2 Å². The van der Waals surface area contributed by atoms with Gasteiger partial charge in [-0.2, -0.15) is 0 Å². The number of ketones is 1. The summed E-state index contributed by atoms with van der Waals surface area (Å²) in [4.78, 5) is 17.7. The van der Waals surface area contributed by atoms with Gasteiger partial charge in [-0.15, -0.1) is 11.3 Å². The lowest BCUT2D eigenvalue weighted by Crippen LogP contribution is -1.95. The Morgan fingerprint density at radius 3 is 2.31 bits per heavy atom. The van der Waals surface area contributed by atoms with Gasteiger partial charge in [-0.05, 0) is 37.3 Å². The number of hydrogen-bond acceptors (Lipinski definition) is 7. The van der Waals surface area contributed by atoms with Crippen LogP contribution in [-0.2, 0) is 0 Å². The van der Waals surface area contributed by atoms with Crippen LogP contribution in [0.4, 0.5) is 0 Å². The fraction of sp³-hybridized carbons (Fsp3) is 0.182. The van der Waals surface area contributed by atoms with E-state index >= 15 is 0 Å². The highest BCUT2D eigenvalue weighted by molar-refractivity contribution is 7.17. The Bertz CT molecular complexity index is 1180. The first-order valence-electron chi connectivity index (χ1n) is 8.85. The first kappa shape index (κ1) is 19.0. The summed E-state index contributed by atoms with van der Waals surface area (Å²) in [5.74, 6) is 2.27. The van der Waals surface area contributed by atoms with E-state index in [1.165, 1.54) is 11.3 Å². The third-order valence-corrected chi connectivity index (χ3v) is 5.80. The van der Waals surface area contributed by atoms with Gasteiger partial charge in [0, 0.05) is 28.3 Å². The second-order valence-electron chi connectivity index (χ2n) is 6.32. The minimum Gasteiger partial charge on any atom is -0.493 e. The Hall–Kier alpha value is -3.32. The Labute approximate surface area is 171 Å². The zero-order chi connectivity index (χ0) is 20.5. The Morgan fingerprint density at radius 2 is 1.72 bits per heavy atom. The van der Waals surface area contributed by atoms with Crippen LogP contribution in [0.2, 0.25) is 0 Å². The number of hydrogen-bond donors (Lipinski definition) is 0. The second kappa shape index (κ2) is 7.60. The van der Waals surface area contributed by atoms with Gasteiger partial charge in [0.05, 0.1) is 26.2 Å². The summed E-state index contributed by atoms with van der Waals surface area (Å²) in [5, 5.41) is 0. The molecule has 148 valence electrons. The molecule has 0 saturated carbocycles. The van der Waals surface area contributed by atoms with Crippen molar-refractivity contribution in [3.05, 3.63) is 47.5 Å². The van der Waals surface area contributed by atoms with E-state index in [0.717, 1.165) is 21.5 Å². The van der Waals surface area contributed by atoms with Gasteiger partial charge in [-0.25, -0.2) is 0 Å². The molecule has 29 heavy (non-hydrogen) atoms. The molecule has 7 heteroatoms. The van der Waals surface area contributed by atoms with Crippen molar-refractivity contribution in [1.82, 2.24) is 4.98 Å². The normalized spacial score (nSPS) is 10.9. The molecule has 0 radical (unpaired) electrons. The van der Waals surface area contributed by atoms with Crippen LogP contribution in [0, 0.1) is 0 Å². The molecule has 0 unspecified atom stereocenters. The number of carbonyl (C=O) groups excluding carboxylic acids is 1. The monoisotopic (exact) mass is 409 g/mol. The molecule has 0 aliphatic rings. The molecule has 3 heterocycles. The molecule has 0 bridgehead atoms. The minimum absolute atomic E-state index is 0.0455. The van der Waals surface area contributed by atoms with Gasteiger partial charge in [-0.1, -0.05) is 0 Å². The smallest absolute Gasteiger partial charge is 0.203 e. The highest BCUT2D eigenvalue weighted by Gasteiger charge is 2.18. The van der Waals surface area contributed by atoms with E-state index in [4.69, 9.17) is 18.6 Å². The number of methoxy groups -OCH3 is 3. The number of ether oxygens (including phenoxy) is 3. The molecule has 0 aliphatic carbocycles. The number of furan rings is 1. The molecular weight excluding hydrogens is 390 g/mol. The third kappa shape index (κ3) is 3.34. The molecule has 4 aromatic rings. The van der Waals surface area contributed by atoms with E-state index in [-0.39, 0.29) is 5.78 Å². The zero-order valence-electron chi connectivity index (χ0n) is 16.4. The third-order valence-electron chi connectivity index (χ3n) is 4.58. The average molecular weight is 409 g/mol. The van der Waals surface area contributed by atoms with Gasteiger partial charge >= 0.3 is 0 Å². The van der Waals surface area contributed by atoms with E-state index in [0.29, 0.717) is 33.5 Å². The molecule has 0 aliphatic heterocycles. The number of aromatic nitrogens is 1. The van der Waals surface area contributed by atoms with E-state index < -0.39 is 0 Å². The summed E-state index contributed by atoms with van der Waals surface area (Å²) in [7, 11) is 4.71. The average Bonchev–Trinajstić information content (AvgIpc) is 3.39. The van der Waals surface area contributed by atoms with Gasteiger partial charge in [0.1, 0.15) is 11.3 Å². The molecule has 0 saturated heterocycles.